The van der Waals surface area contributed by atoms with Crippen molar-refractivity contribution >= 4 is 32.8 Å². The van der Waals surface area contributed by atoms with E-state index in [4.69, 9.17) is 16.6 Å². The number of benzene rings is 8. The topological polar surface area (TPSA) is 36.9 Å². The summed E-state index contributed by atoms with van der Waals surface area (Å²) >= 11 is 2.51. The Bertz CT molecular complexity index is 4080. The van der Waals surface area contributed by atoms with Crippen molar-refractivity contribution in [2.24, 2.45) is 5.92 Å². The molecule has 2 aliphatic carbocycles. The number of rotatable bonds is 8. The molecule has 5 nitrogen and oxygen atoms in total. The zero-order chi connectivity index (χ0) is 49.6. The molecule has 0 radical (unpaired) electrons. The molecular formula is C62H46N4OPt-2. The van der Waals surface area contributed by atoms with E-state index >= 15 is 0 Å². The number of aromatic nitrogens is 4. The van der Waals surface area contributed by atoms with Crippen LogP contribution in [0.1, 0.15) is 55.1 Å². The van der Waals surface area contributed by atoms with Gasteiger partial charge >= 0.3 is 337 Å². The van der Waals surface area contributed by atoms with Gasteiger partial charge in [0.1, 0.15) is 0 Å². The summed E-state index contributed by atoms with van der Waals surface area (Å²) in [4.78, 5) is 4.87. The molecule has 332 valence electrons. The van der Waals surface area contributed by atoms with E-state index in [1.807, 2.05) is 60.0 Å². The first-order valence-corrected chi connectivity index (χ1v) is 24.5. The molecule has 3 aromatic heterocycles. The van der Waals surface area contributed by atoms with Gasteiger partial charge in [0.15, 0.2) is 0 Å². The molecule has 11 aromatic rings. The van der Waals surface area contributed by atoms with Crippen molar-refractivity contribution in [2.75, 3.05) is 0 Å². The fourth-order valence-corrected chi connectivity index (χ4v) is 12.3. The summed E-state index contributed by atoms with van der Waals surface area (Å²) in [6.07, 6.45) is 7.73. The van der Waals surface area contributed by atoms with Crippen LogP contribution in [0.2, 0.25) is 0 Å². The monoisotopic (exact) mass is 1060 g/mol. The Kier molecular flexibility index (Phi) is 8.83. The minimum atomic E-state index is -0.428. The summed E-state index contributed by atoms with van der Waals surface area (Å²) in [5.74, 6) is 2.94. The molecule has 2 atom stereocenters. The summed E-state index contributed by atoms with van der Waals surface area (Å²) in [5, 5.41) is 1.97. The first kappa shape index (κ1) is 35.8. The summed E-state index contributed by atoms with van der Waals surface area (Å²) in [7, 11) is 0. The van der Waals surface area contributed by atoms with Gasteiger partial charge in [-0.1, -0.05) is 42.3 Å². The minimum Gasteiger partial charge on any atom is -0.0616 e. The number of pyridine rings is 1. The second-order valence-electron chi connectivity index (χ2n) is 18.0. The van der Waals surface area contributed by atoms with Crippen LogP contribution in [-0.4, -0.2) is 18.7 Å². The van der Waals surface area contributed by atoms with E-state index in [-0.39, 0.29) is 29.7 Å². The van der Waals surface area contributed by atoms with Crippen LogP contribution in [0.15, 0.2) is 188 Å². The summed E-state index contributed by atoms with van der Waals surface area (Å²) in [5.41, 5.74) is 15.1. The molecule has 0 aliphatic heterocycles. The van der Waals surface area contributed by atoms with Crippen LogP contribution in [-0.2, 0) is 25.8 Å². The number of hydrogen-bond donors (Lipinski definition) is 0. The normalized spacial score (nSPS) is 16.5. The van der Waals surface area contributed by atoms with Crippen molar-refractivity contribution in [3.8, 4) is 62.1 Å². The number of nitrogens with zero attached hydrogens (tertiary/aromatic N) is 4. The smallest absolute Gasteiger partial charge is 0.0616 e. The van der Waals surface area contributed by atoms with Crippen LogP contribution in [0.25, 0.3) is 83.4 Å². The quantitative estimate of drug-likeness (QED) is 0.142. The second kappa shape index (κ2) is 16.8. The predicted octanol–water partition coefficient (Wildman–Crippen LogP) is 15.5. The molecule has 0 amide bonds. The Labute approximate surface area is 414 Å². The molecule has 0 bridgehead atoms. The van der Waals surface area contributed by atoms with Gasteiger partial charge in [0, 0.05) is 11.8 Å². The summed E-state index contributed by atoms with van der Waals surface area (Å²) in [6.45, 7) is 1.87. The zero-order valence-corrected chi connectivity index (χ0v) is 39.5. The van der Waals surface area contributed by atoms with Crippen molar-refractivity contribution in [1.82, 2.24) is 18.7 Å². The van der Waals surface area contributed by atoms with Gasteiger partial charge in [-0.15, -0.1) is 0 Å². The maximum atomic E-state index is 8.63. The van der Waals surface area contributed by atoms with E-state index < -0.39 is 6.04 Å². The molecule has 3 heterocycles. The maximum absolute atomic E-state index is 8.63. The van der Waals surface area contributed by atoms with E-state index in [0.29, 0.717) is 34.4 Å². The SMILES string of the molecule is [2H]c1c([2H])c([2H])c(-c2cnc(-n3c4[c-]c(Oc5[c-]c(-n6[c](=[Pt])n(-c7c(-c8ccccc8)cc8c(c7-c7ccccc7)CCC7CCCC87)c7ccccc76)ccc5)ccc4c4ccccc43)cc2C)c([2H])c1[2H]. The van der Waals surface area contributed by atoms with Gasteiger partial charge in [0.2, 0.25) is 0 Å². The molecule has 13 rings (SSSR count). The second-order valence-corrected chi connectivity index (χ2v) is 19.0. The molecule has 0 spiro atoms. The van der Waals surface area contributed by atoms with Crippen molar-refractivity contribution in [1.29, 1.82) is 0 Å². The Morgan fingerprint density at radius 3 is 2.15 bits per heavy atom. The zero-order valence-electron chi connectivity index (χ0n) is 42.2. The van der Waals surface area contributed by atoms with Gasteiger partial charge in [-0.2, -0.15) is 0 Å². The first-order valence-electron chi connectivity index (χ1n) is 25.8. The molecule has 0 N–H and O–H groups in total. The van der Waals surface area contributed by atoms with Crippen LogP contribution in [0.3, 0.4) is 0 Å². The standard InChI is InChI=1S/C62H46N4O.Pt/c1-41-35-60(63-39-55(41)43-19-7-3-8-20-43)66-56-28-12-11-26-50(56)51-34-32-48(37-59(51)66)67-47-25-16-24-46(36-47)64-40-65(58-30-14-13-29-57(58)64)62-53(42-17-5-2-6-18-42)38-54-49-27-15-23-44(49)31-33-52(54)61(62)45-21-9-4-10-22-45;/h2-14,16-22,24-26,28-30,32,34-35,38-39,44,49H,15,23,27,31,33H2,1H3;/q-2;/i3D,7D,8D,19D,20D;. The van der Waals surface area contributed by atoms with E-state index in [1.54, 1.807) is 6.20 Å². The van der Waals surface area contributed by atoms with Gasteiger partial charge in [0.25, 0.3) is 0 Å². The third kappa shape index (κ3) is 6.78. The van der Waals surface area contributed by atoms with Crippen molar-refractivity contribution in [2.45, 2.75) is 44.9 Å². The van der Waals surface area contributed by atoms with E-state index in [1.165, 1.54) is 64.8 Å². The average Bonchev–Trinajstić information content (AvgIpc) is 4.12. The van der Waals surface area contributed by atoms with Crippen molar-refractivity contribution < 1.29 is 30.9 Å². The average molecular weight is 1060 g/mol. The Morgan fingerprint density at radius 2 is 1.35 bits per heavy atom. The Hall–Kier alpha value is -7.33. The van der Waals surface area contributed by atoms with Gasteiger partial charge in [0.05, 0.1) is 6.85 Å². The van der Waals surface area contributed by atoms with Crippen LogP contribution in [0.5, 0.6) is 11.5 Å². The van der Waals surface area contributed by atoms with E-state index in [0.717, 1.165) is 54.7 Å². The van der Waals surface area contributed by atoms with E-state index in [2.05, 4.69) is 144 Å². The van der Waals surface area contributed by atoms with Gasteiger partial charge in [-0.05, 0) is 18.1 Å². The number of hydrogen-bond acceptors (Lipinski definition) is 2. The fourth-order valence-electron chi connectivity index (χ4n) is 11.2. The molecule has 8 aromatic carbocycles. The molecule has 6 heteroatoms. The predicted molar refractivity (Wildman–Crippen MR) is 272 cm³/mol. The molecule has 2 aliphatic rings. The number of imidazole rings is 1. The third-order valence-corrected chi connectivity index (χ3v) is 15.2. The van der Waals surface area contributed by atoms with E-state index in [9.17, 15) is 0 Å². The van der Waals surface area contributed by atoms with Crippen molar-refractivity contribution in [3.05, 3.63) is 221 Å². The van der Waals surface area contributed by atoms with Crippen LogP contribution in [0.4, 0.5) is 0 Å². The molecular weight excluding hydrogens is 1010 g/mol. The fraction of sp³-hybridized carbons (Fsp3) is 0.129. The van der Waals surface area contributed by atoms with Gasteiger partial charge in [-0.25, -0.2) is 0 Å². The molecule has 2 unspecified atom stereocenters. The Morgan fingerprint density at radius 1 is 0.632 bits per heavy atom. The van der Waals surface area contributed by atoms with Gasteiger partial charge in [-0.3, -0.25) is 0 Å². The number of para-hydroxylation sites is 3. The van der Waals surface area contributed by atoms with Crippen LogP contribution < -0.4 is 4.74 Å². The molecule has 68 heavy (non-hydrogen) atoms. The number of ether oxygens (including phenoxy) is 1. The number of fused-ring (bicyclic) bond motifs is 7. The summed E-state index contributed by atoms with van der Waals surface area (Å²) < 4.78 is 56.5. The van der Waals surface area contributed by atoms with Crippen LogP contribution in [0, 0.1) is 28.8 Å². The van der Waals surface area contributed by atoms with Gasteiger partial charge < -0.3 is 0 Å². The van der Waals surface area contributed by atoms with Crippen molar-refractivity contribution in [3.63, 3.8) is 0 Å². The van der Waals surface area contributed by atoms with Crippen LogP contribution >= 0.6 is 0 Å². The third-order valence-electron chi connectivity index (χ3n) is 14.2. The summed E-state index contributed by atoms with van der Waals surface area (Å²) in [6, 6.07) is 58.7. The Balaban J connectivity index is 0.936. The molecule has 1 fully saturated rings. The first-order chi connectivity index (χ1) is 35.6. The molecule has 1 saturated carbocycles. The minimum absolute atomic E-state index is 0.122. The number of aryl methyl sites for hydroxylation is 1. The molecule has 0 saturated heterocycles.